The molecule has 2 unspecified atom stereocenters. The smallest absolute Gasteiger partial charge is 0.451 e. The van der Waals surface area contributed by atoms with Crippen LogP contribution in [0.2, 0.25) is 0 Å². The number of carbonyl (C=O) groups excluding carboxylic acids is 3. The fourth-order valence-corrected chi connectivity index (χ4v) is 4.53. The van der Waals surface area contributed by atoms with Gasteiger partial charge in [-0.3, -0.25) is 4.79 Å². The number of nitrogens with one attached hydrogen (secondary N) is 1. The summed E-state index contributed by atoms with van der Waals surface area (Å²) in [6, 6.07) is 0.342. The molecule has 12 nitrogen and oxygen atoms in total. The summed E-state index contributed by atoms with van der Waals surface area (Å²) in [5, 5.41) is 2.67. The molecule has 1 saturated heterocycles. The molecule has 238 valence electrons. The van der Waals surface area contributed by atoms with Gasteiger partial charge in [0.1, 0.15) is 23.8 Å². The molecule has 1 aromatic carbocycles. The molecular weight excluding hydrogens is 577 g/mol. The average molecular weight is 615 g/mol. The van der Waals surface area contributed by atoms with Crippen LogP contribution in [0.15, 0.2) is 12.1 Å². The highest BCUT2D eigenvalue weighted by Gasteiger charge is 2.47. The third kappa shape index (κ3) is 7.87. The Labute approximate surface area is 247 Å². The number of ether oxygens (including phenoxy) is 5. The quantitative estimate of drug-likeness (QED) is 0.453. The number of methoxy groups -OCH3 is 3. The Kier molecular flexibility index (Phi) is 9.56. The molecule has 0 radical (unpaired) electrons. The van der Waals surface area contributed by atoms with Crippen LogP contribution in [0.25, 0.3) is 10.9 Å². The second kappa shape index (κ2) is 12.3. The molecule has 1 N–H and O–H groups in total. The van der Waals surface area contributed by atoms with Crippen molar-refractivity contribution < 1.29 is 51.2 Å². The highest BCUT2D eigenvalue weighted by atomic mass is 19.4. The van der Waals surface area contributed by atoms with Gasteiger partial charge in [0.25, 0.3) is 0 Å². The number of likely N-dealkylation sites (tertiary alicyclic amines) is 1. The van der Waals surface area contributed by atoms with Gasteiger partial charge in [-0.25, -0.2) is 14.6 Å². The normalized spacial score (nSPS) is 18.2. The van der Waals surface area contributed by atoms with E-state index in [0.29, 0.717) is 0 Å². The lowest BCUT2D eigenvalue weighted by atomic mass is 9.85. The molecule has 0 spiro atoms. The van der Waals surface area contributed by atoms with Crippen LogP contribution in [0.5, 0.6) is 17.4 Å². The third-order valence-corrected chi connectivity index (χ3v) is 6.49. The minimum Gasteiger partial charge on any atom is -0.493 e. The van der Waals surface area contributed by atoms with E-state index < -0.39 is 65.1 Å². The Balaban J connectivity index is 2.01. The average Bonchev–Trinajstić information content (AvgIpc) is 3.31. The highest BCUT2D eigenvalue weighted by Crippen LogP contribution is 2.38. The lowest BCUT2D eigenvalue weighted by Crippen LogP contribution is -2.57. The number of esters is 1. The number of benzene rings is 1. The van der Waals surface area contributed by atoms with E-state index in [1.54, 1.807) is 41.5 Å². The Morgan fingerprint density at radius 3 is 2.09 bits per heavy atom. The zero-order valence-corrected chi connectivity index (χ0v) is 25.5. The minimum atomic E-state index is -4.90. The van der Waals surface area contributed by atoms with Crippen molar-refractivity contribution in [3.05, 3.63) is 18.0 Å². The summed E-state index contributed by atoms with van der Waals surface area (Å²) >= 11 is 0. The number of amides is 2. The Hall–Kier alpha value is -4.04. The van der Waals surface area contributed by atoms with Crippen molar-refractivity contribution in [2.45, 2.75) is 77.9 Å². The lowest BCUT2D eigenvalue weighted by molar-refractivity contribution is -0.152. The van der Waals surface area contributed by atoms with Crippen LogP contribution in [0.3, 0.4) is 0 Å². The van der Waals surface area contributed by atoms with Gasteiger partial charge in [-0.1, -0.05) is 20.8 Å². The monoisotopic (exact) mass is 614 g/mol. The van der Waals surface area contributed by atoms with Gasteiger partial charge >= 0.3 is 18.2 Å². The van der Waals surface area contributed by atoms with Gasteiger partial charge in [-0.2, -0.15) is 18.2 Å². The Morgan fingerprint density at radius 2 is 1.58 bits per heavy atom. The van der Waals surface area contributed by atoms with E-state index in [-0.39, 0.29) is 35.4 Å². The van der Waals surface area contributed by atoms with Crippen LogP contribution in [-0.2, 0) is 25.2 Å². The predicted octanol–water partition coefficient (Wildman–Crippen LogP) is 4.13. The van der Waals surface area contributed by atoms with Gasteiger partial charge in [0, 0.05) is 12.5 Å². The summed E-state index contributed by atoms with van der Waals surface area (Å²) in [5.41, 5.74) is -1.79. The van der Waals surface area contributed by atoms with Crippen LogP contribution in [0.4, 0.5) is 18.0 Å². The van der Waals surface area contributed by atoms with Crippen molar-refractivity contribution in [3.8, 4) is 17.4 Å². The van der Waals surface area contributed by atoms with Crippen molar-refractivity contribution in [2.75, 3.05) is 27.9 Å². The second-order valence-electron chi connectivity index (χ2n) is 12.0. The van der Waals surface area contributed by atoms with E-state index >= 15 is 0 Å². The Bertz CT molecular complexity index is 1370. The molecule has 0 bridgehead atoms. The van der Waals surface area contributed by atoms with Gasteiger partial charge in [0.05, 0.1) is 38.8 Å². The molecule has 3 rings (SSSR count). The van der Waals surface area contributed by atoms with E-state index in [0.717, 1.165) is 7.11 Å². The fraction of sp³-hybridized carbons (Fsp3) is 0.607. The van der Waals surface area contributed by atoms with Gasteiger partial charge in [-0.05, 0) is 32.3 Å². The summed E-state index contributed by atoms with van der Waals surface area (Å²) in [6.45, 7) is 9.95. The van der Waals surface area contributed by atoms with Crippen LogP contribution >= 0.6 is 0 Å². The second-order valence-corrected chi connectivity index (χ2v) is 12.0. The van der Waals surface area contributed by atoms with Crippen LogP contribution in [0, 0.1) is 5.41 Å². The number of alkyl halides is 3. The number of carbonyl (C=O) groups is 3. The van der Waals surface area contributed by atoms with E-state index in [2.05, 4.69) is 15.3 Å². The van der Waals surface area contributed by atoms with Gasteiger partial charge in [0.2, 0.25) is 17.6 Å². The van der Waals surface area contributed by atoms with Crippen LogP contribution in [-0.4, -0.2) is 84.5 Å². The summed E-state index contributed by atoms with van der Waals surface area (Å²) < 4.78 is 67.9. The van der Waals surface area contributed by atoms with E-state index in [1.165, 1.54) is 31.3 Å². The molecule has 3 atom stereocenters. The van der Waals surface area contributed by atoms with Crippen molar-refractivity contribution >= 4 is 28.9 Å². The Morgan fingerprint density at radius 1 is 0.977 bits per heavy atom. The third-order valence-electron chi connectivity index (χ3n) is 6.49. The number of aromatic nitrogens is 2. The first-order chi connectivity index (χ1) is 19.8. The molecular formula is C28H37F3N4O8. The molecule has 0 saturated carbocycles. The molecule has 2 amide bonds. The molecule has 2 heterocycles. The lowest BCUT2D eigenvalue weighted by Gasteiger charge is -2.35. The number of nitrogens with zero attached hydrogens (tertiary/aromatic N) is 3. The first-order valence-corrected chi connectivity index (χ1v) is 13.3. The number of alkyl carbamates (subject to hydrolysis) is 1. The molecule has 43 heavy (non-hydrogen) atoms. The fourth-order valence-electron chi connectivity index (χ4n) is 4.53. The number of halogens is 3. The number of fused-ring (bicyclic) bond motifs is 1. The highest BCUT2D eigenvalue weighted by molar-refractivity contribution is 5.91. The molecule has 1 fully saturated rings. The maximum atomic E-state index is 13.9. The van der Waals surface area contributed by atoms with Crippen molar-refractivity contribution in [1.82, 2.24) is 20.2 Å². The molecule has 2 aromatic rings. The standard InChI is InChI=1S/C28H37F3N4O8/c1-26(2,3)20(33-25(38)43-27(4,5)6)22(36)35-13-14(10-17(35)23(37)41-9)42-21-15-11-18(39-7)19(40-8)12-16(15)32-24(34-21)28(29,30)31/h11-12,14,17,20H,10,13H2,1-9H3,(H,33,38)/t14?,17?,20-/m1/s1. The van der Waals surface area contributed by atoms with Crippen LogP contribution in [0.1, 0.15) is 53.8 Å². The van der Waals surface area contributed by atoms with E-state index in [1.807, 2.05) is 0 Å². The van der Waals surface area contributed by atoms with E-state index in [9.17, 15) is 27.6 Å². The summed E-state index contributed by atoms with van der Waals surface area (Å²) in [5.74, 6) is -2.94. The van der Waals surface area contributed by atoms with Crippen molar-refractivity contribution in [3.63, 3.8) is 0 Å². The minimum absolute atomic E-state index is 0.0872. The molecule has 0 aliphatic carbocycles. The first kappa shape index (κ1) is 33.5. The van der Waals surface area contributed by atoms with Crippen molar-refractivity contribution in [2.24, 2.45) is 5.41 Å². The largest absolute Gasteiger partial charge is 0.493 e. The van der Waals surface area contributed by atoms with Crippen molar-refractivity contribution in [1.29, 1.82) is 0 Å². The maximum absolute atomic E-state index is 13.9. The SMILES string of the molecule is COC(=O)C1CC(Oc2nc(C(F)(F)F)nc3cc(OC)c(OC)cc23)CN1C(=O)[C@@H](NC(=O)OC(C)(C)C)C(C)(C)C. The molecule has 1 aromatic heterocycles. The zero-order valence-electron chi connectivity index (χ0n) is 25.5. The summed E-state index contributed by atoms with van der Waals surface area (Å²) in [6.07, 6.45) is -6.85. The summed E-state index contributed by atoms with van der Waals surface area (Å²) in [7, 11) is 3.83. The maximum Gasteiger partial charge on any atom is 0.451 e. The van der Waals surface area contributed by atoms with Gasteiger partial charge in [-0.15, -0.1) is 0 Å². The van der Waals surface area contributed by atoms with Crippen LogP contribution < -0.4 is 19.5 Å². The molecule has 15 heteroatoms. The van der Waals surface area contributed by atoms with E-state index in [4.69, 9.17) is 23.7 Å². The number of rotatable bonds is 7. The number of hydrogen-bond acceptors (Lipinski definition) is 10. The number of hydrogen-bond donors (Lipinski definition) is 1. The van der Waals surface area contributed by atoms with Gasteiger partial charge in [0.15, 0.2) is 11.5 Å². The van der Waals surface area contributed by atoms with Gasteiger partial charge < -0.3 is 33.9 Å². The summed E-state index contributed by atoms with van der Waals surface area (Å²) in [4.78, 5) is 47.7. The predicted molar refractivity (Wildman–Crippen MR) is 147 cm³/mol. The zero-order chi connectivity index (χ0) is 32.5. The molecule has 1 aliphatic rings. The molecule has 1 aliphatic heterocycles. The topological polar surface area (TPSA) is 138 Å². The first-order valence-electron chi connectivity index (χ1n) is 13.3.